The molecular formula is C19H15N5O2S. The lowest BCUT2D eigenvalue weighted by Gasteiger charge is -2.02. The molecule has 0 radical (unpaired) electrons. The predicted molar refractivity (Wildman–Crippen MR) is 103 cm³/mol. The summed E-state index contributed by atoms with van der Waals surface area (Å²) in [5.41, 5.74) is 3.24. The van der Waals surface area contributed by atoms with Crippen LogP contribution in [0, 0.1) is 13.8 Å². The zero-order valence-corrected chi connectivity index (χ0v) is 15.4. The lowest BCUT2D eigenvalue weighted by Crippen LogP contribution is -2.11. The summed E-state index contributed by atoms with van der Waals surface area (Å²) in [6.07, 6.45) is 0. The molecule has 0 atom stereocenters. The van der Waals surface area contributed by atoms with Crippen LogP contribution in [0.4, 0.5) is 5.13 Å². The van der Waals surface area contributed by atoms with E-state index in [4.69, 9.17) is 4.42 Å². The number of aromatic nitrogens is 4. The Balaban J connectivity index is 1.51. The normalized spacial score (nSPS) is 10.7. The van der Waals surface area contributed by atoms with E-state index in [0.29, 0.717) is 22.5 Å². The van der Waals surface area contributed by atoms with Crippen LogP contribution in [0.1, 0.15) is 20.9 Å². The van der Waals surface area contributed by atoms with Gasteiger partial charge < -0.3 is 4.42 Å². The number of anilines is 1. The van der Waals surface area contributed by atoms with E-state index in [1.54, 1.807) is 24.3 Å². The topological polar surface area (TPSA) is 93.8 Å². The molecule has 1 N–H and O–H groups in total. The van der Waals surface area contributed by atoms with Crippen molar-refractivity contribution in [3.63, 3.8) is 0 Å². The maximum atomic E-state index is 12.3. The third-order valence-electron chi connectivity index (χ3n) is 3.83. The Kier molecular flexibility index (Phi) is 4.47. The fourth-order valence-corrected chi connectivity index (χ4v) is 3.10. The van der Waals surface area contributed by atoms with Crippen LogP contribution in [0.3, 0.4) is 0 Å². The van der Waals surface area contributed by atoms with Gasteiger partial charge in [0, 0.05) is 16.7 Å². The van der Waals surface area contributed by atoms with Gasteiger partial charge in [0.2, 0.25) is 16.9 Å². The minimum Gasteiger partial charge on any atom is -0.416 e. The van der Waals surface area contributed by atoms with Gasteiger partial charge in [-0.2, -0.15) is 0 Å². The molecule has 0 bridgehead atoms. The Hall–Kier alpha value is -3.39. The van der Waals surface area contributed by atoms with Crippen LogP contribution in [0.25, 0.3) is 22.9 Å². The number of hydrogen-bond acceptors (Lipinski definition) is 7. The second-order valence-electron chi connectivity index (χ2n) is 5.94. The Morgan fingerprint density at radius 2 is 1.67 bits per heavy atom. The standard InChI is InChI=1S/C19H15N5O2S/c1-11-4-3-5-15(10-11)18-23-22-17(26-18)14-8-6-13(7-9-14)16(25)20-19-24-21-12(2)27-19/h3-10H,1-2H3,(H,20,24,25). The van der Waals surface area contributed by atoms with Gasteiger partial charge in [0.1, 0.15) is 5.01 Å². The van der Waals surface area contributed by atoms with E-state index < -0.39 is 0 Å². The smallest absolute Gasteiger partial charge is 0.257 e. The van der Waals surface area contributed by atoms with Crippen LogP contribution in [-0.4, -0.2) is 26.3 Å². The Morgan fingerprint density at radius 3 is 2.33 bits per heavy atom. The summed E-state index contributed by atoms with van der Waals surface area (Å²) in [6, 6.07) is 14.8. The molecule has 7 nitrogen and oxygen atoms in total. The van der Waals surface area contributed by atoms with Crippen LogP contribution >= 0.6 is 11.3 Å². The van der Waals surface area contributed by atoms with Crippen LogP contribution in [0.2, 0.25) is 0 Å². The number of nitrogens with one attached hydrogen (secondary N) is 1. The number of benzene rings is 2. The maximum Gasteiger partial charge on any atom is 0.257 e. The Bertz CT molecular complexity index is 1100. The first-order valence-electron chi connectivity index (χ1n) is 8.21. The molecular weight excluding hydrogens is 362 g/mol. The molecule has 4 rings (SSSR count). The van der Waals surface area contributed by atoms with Crippen LogP contribution in [0.15, 0.2) is 52.9 Å². The summed E-state index contributed by atoms with van der Waals surface area (Å²) in [5, 5.41) is 20.0. The van der Waals surface area contributed by atoms with E-state index in [-0.39, 0.29) is 5.91 Å². The molecule has 0 unspecified atom stereocenters. The fraction of sp³-hybridized carbons (Fsp3) is 0.105. The van der Waals surface area contributed by atoms with E-state index >= 15 is 0 Å². The van der Waals surface area contributed by atoms with Crippen molar-refractivity contribution in [1.29, 1.82) is 0 Å². The van der Waals surface area contributed by atoms with Crippen molar-refractivity contribution in [3.8, 4) is 22.9 Å². The van der Waals surface area contributed by atoms with E-state index in [0.717, 1.165) is 21.7 Å². The first-order chi connectivity index (χ1) is 13.1. The molecule has 27 heavy (non-hydrogen) atoms. The highest BCUT2D eigenvalue weighted by atomic mass is 32.1. The van der Waals surface area contributed by atoms with Crippen molar-refractivity contribution in [3.05, 3.63) is 64.7 Å². The van der Waals surface area contributed by atoms with Gasteiger partial charge in [-0.3, -0.25) is 10.1 Å². The number of nitrogens with zero attached hydrogens (tertiary/aromatic N) is 4. The molecule has 0 saturated heterocycles. The quantitative estimate of drug-likeness (QED) is 0.575. The fourth-order valence-electron chi connectivity index (χ4n) is 2.52. The minimum atomic E-state index is -0.247. The number of hydrogen-bond donors (Lipinski definition) is 1. The van der Waals surface area contributed by atoms with Gasteiger partial charge in [0.05, 0.1) is 0 Å². The van der Waals surface area contributed by atoms with Gasteiger partial charge in [-0.25, -0.2) is 0 Å². The third kappa shape index (κ3) is 3.75. The van der Waals surface area contributed by atoms with Gasteiger partial charge in [0.25, 0.3) is 5.91 Å². The number of aryl methyl sites for hydroxylation is 2. The first kappa shape index (κ1) is 17.0. The Morgan fingerprint density at radius 1 is 0.926 bits per heavy atom. The molecule has 1 amide bonds. The third-order valence-corrected chi connectivity index (χ3v) is 4.58. The number of carbonyl (C=O) groups excluding carboxylic acids is 1. The van der Waals surface area contributed by atoms with Crippen LogP contribution in [-0.2, 0) is 0 Å². The average molecular weight is 377 g/mol. The van der Waals surface area contributed by atoms with Crippen molar-refractivity contribution < 1.29 is 9.21 Å². The molecule has 0 aliphatic rings. The molecule has 2 heterocycles. The van der Waals surface area contributed by atoms with Crippen molar-refractivity contribution in [2.24, 2.45) is 0 Å². The monoisotopic (exact) mass is 377 g/mol. The second kappa shape index (κ2) is 7.08. The molecule has 2 aromatic carbocycles. The van der Waals surface area contributed by atoms with Crippen molar-refractivity contribution in [2.45, 2.75) is 13.8 Å². The molecule has 0 spiro atoms. The van der Waals surface area contributed by atoms with E-state index in [1.807, 2.05) is 38.1 Å². The van der Waals surface area contributed by atoms with Crippen LogP contribution < -0.4 is 5.32 Å². The Labute approximate surface area is 159 Å². The molecule has 8 heteroatoms. The highest BCUT2D eigenvalue weighted by Gasteiger charge is 2.13. The van der Waals surface area contributed by atoms with Gasteiger partial charge >= 0.3 is 0 Å². The van der Waals surface area contributed by atoms with Crippen molar-refractivity contribution >= 4 is 22.4 Å². The van der Waals surface area contributed by atoms with Gasteiger partial charge in [-0.15, -0.1) is 20.4 Å². The summed E-state index contributed by atoms with van der Waals surface area (Å²) < 4.78 is 5.77. The summed E-state index contributed by atoms with van der Waals surface area (Å²) >= 11 is 1.32. The number of amides is 1. The molecule has 134 valence electrons. The second-order valence-corrected chi connectivity index (χ2v) is 7.12. The molecule has 2 aromatic heterocycles. The lowest BCUT2D eigenvalue weighted by molar-refractivity contribution is 0.102. The summed E-state index contributed by atoms with van der Waals surface area (Å²) in [6.45, 7) is 3.84. The van der Waals surface area contributed by atoms with E-state index in [1.165, 1.54) is 11.3 Å². The first-order valence-corrected chi connectivity index (χ1v) is 9.02. The molecule has 0 aliphatic heterocycles. The zero-order valence-electron chi connectivity index (χ0n) is 14.6. The predicted octanol–water partition coefficient (Wildman–Crippen LogP) is 4.12. The number of carbonyl (C=O) groups is 1. The highest BCUT2D eigenvalue weighted by Crippen LogP contribution is 2.25. The van der Waals surface area contributed by atoms with E-state index in [2.05, 4.69) is 25.7 Å². The lowest BCUT2D eigenvalue weighted by atomic mass is 10.1. The summed E-state index contributed by atoms with van der Waals surface area (Å²) in [5.74, 6) is 0.615. The minimum absolute atomic E-state index is 0.247. The molecule has 4 aromatic rings. The van der Waals surface area contributed by atoms with Gasteiger partial charge in [-0.1, -0.05) is 29.0 Å². The maximum absolute atomic E-state index is 12.3. The molecule has 0 fully saturated rings. The largest absolute Gasteiger partial charge is 0.416 e. The number of rotatable bonds is 4. The SMILES string of the molecule is Cc1cccc(-c2nnc(-c3ccc(C(=O)Nc4nnc(C)s4)cc3)o2)c1. The average Bonchev–Trinajstić information content (AvgIpc) is 3.31. The molecule has 0 aliphatic carbocycles. The van der Waals surface area contributed by atoms with E-state index in [9.17, 15) is 4.79 Å². The van der Waals surface area contributed by atoms with Crippen LogP contribution in [0.5, 0.6) is 0 Å². The zero-order chi connectivity index (χ0) is 18.8. The highest BCUT2D eigenvalue weighted by molar-refractivity contribution is 7.15. The van der Waals surface area contributed by atoms with Gasteiger partial charge in [-0.05, 0) is 50.2 Å². The summed E-state index contributed by atoms with van der Waals surface area (Å²) in [4.78, 5) is 12.3. The van der Waals surface area contributed by atoms with Crippen molar-refractivity contribution in [2.75, 3.05) is 5.32 Å². The molecule has 0 saturated carbocycles. The van der Waals surface area contributed by atoms with Gasteiger partial charge in [0.15, 0.2) is 0 Å². The van der Waals surface area contributed by atoms with Crippen molar-refractivity contribution in [1.82, 2.24) is 20.4 Å². The summed E-state index contributed by atoms with van der Waals surface area (Å²) in [7, 11) is 0.